The zero-order valence-corrected chi connectivity index (χ0v) is 15.5. The third kappa shape index (κ3) is 3.56. The van der Waals surface area contributed by atoms with E-state index >= 15 is 0 Å². The molecule has 1 aliphatic rings. The molecule has 1 aliphatic heterocycles. The van der Waals surface area contributed by atoms with Gasteiger partial charge in [0.1, 0.15) is 5.75 Å². The van der Waals surface area contributed by atoms with Gasteiger partial charge in [0.05, 0.1) is 11.6 Å². The van der Waals surface area contributed by atoms with E-state index < -0.39 is 0 Å². The minimum atomic E-state index is -0.133. The van der Waals surface area contributed by atoms with Crippen molar-refractivity contribution in [2.45, 2.75) is 19.8 Å². The van der Waals surface area contributed by atoms with Crippen molar-refractivity contribution in [3.8, 4) is 5.75 Å². The largest absolute Gasteiger partial charge is 0.496 e. The first-order valence-electron chi connectivity index (χ1n) is 8.09. The van der Waals surface area contributed by atoms with E-state index in [1.54, 1.807) is 25.3 Å². The van der Waals surface area contributed by atoms with Crippen LogP contribution in [0.3, 0.4) is 0 Å². The fraction of sp³-hybridized carbons (Fsp3) is 0.316. The highest BCUT2D eigenvalue weighted by Gasteiger charge is 2.15. The van der Waals surface area contributed by atoms with Crippen LogP contribution in [0.25, 0.3) is 0 Å². The third-order valence-corrected chi connectivity index (χ3v) is 4.94. The quantitative estimate of drug-likeness (QED) is 0.830. The van der Waals surface area contributed by atoms with Crippen LogP contribution in [0.2, 0.25) is 0 Å². The Morgan fingerprint density at radius 2 is 1.92 bits per heavy atom. The van der Waals surface area contributed by atoms with Crippen LogP contribution in [-0.2, 0) is 0 Å². The molecule has 0 saturated carbocycles. The number of benzene rings is 2. The molecule has 1 heterocycles. The van der Waals surface area contributed by atoms with E-state index in [0.717, 1.165) is 23.2 Å². The molecule has 0 aliphatic carbocycles. The second-order valence-corrected chi connectivity index (χ2v) is 6.85. The lowest BCUT2D eigenvalue weighted by Crippen LogP contribution is -2.19. The molecule has 1 fully saturated rings. The summed E-state index contributed by atoms with van der Waals surface area (Å²) >= 11 is 3.41. The van der Waals surface area contributed by atoms with E-state index in [0.29, 0.717) is 11.3 Å². The Labute approximate surface area is 150 Å². The number of carbonyl (C=O) groups excluding carboxylic acids is 1. The summed E-state index contributed by atoms with van der Waals surface area (Å²) in [6.07, 6.45) is 2.51. The van der Waals surface area contributed by atoms with Crippen LogP contribution in [0.1, 0.15) is 28.8 Å². The monoisotopic (exact) mass is 388 g/mol. The number of rotatable bonds is 4. The molecule has 0 radical (unpaired) electrons. The average molecular weight is 389 g/mol. The Morgan fingerprint density at radius 1 is 1.17 bits per heavy atom. The molecular formula is C19H21BrN2O2. The summed E-state index contributed by atoms with van der Waals surface area (Å²) in [4.78, 5) is 14.8. The minimum absolute atomic E-state index is 0.133. The van der Waals surface area contributed by atoms with Crippen LogP contribution in [-0.4, -0.2) is 26.1 Å². The number of nitrogens with zero attached hydrogens (tertiary/aromatic N) is 1. The topological polar surface area (TPSA) is 41.6 Å². The van der Waals surface area contributed by atoms with Gasteiger partial charge < -0.3 is 15.0 Å². The van der Waals surface area contributed by atoms with Crippen molar-refractivity contribution in [2.24, 2.45) is 0 Å². The van der Waals surface area contributed by atoms with Crippen molar-refractivity contribution in [3.05, 3.63) is 52.0 Å². The summed E-state index contributed by atoms with van der Waals surface area (Å²) in [6.45, 7) is 4.33. The first-order chi connectivity index (χ1) is 11.6. The van der Waals surface area contributed by atoms with Gasteiger partial charge in [0, 0.05) is 30.0 Å². The summed E-state index contributed by atoms with van der Waals surface area (Å²) in [5.74, 6) is 0.573. The highest BCUT2D eigenvalue weighted by atomic mass is 79.9. The number of methoxy groups -OCH3 is 1. The summed E-state index contributed by atoms with van der Waals surface area (Å²) in [7, 11) is 1.60. The van der Waals surface area contributed by atoms with Gasteiger partial charge in [-0.2, -0.15) is 0 Å². The Balaban J connectivity index is 1.74. The molecular weight excluding hydrogens is 368 g/mol. The molecule has 1 N–H and O–H groups in total. The maximum atomic E-state index is 12.4. The van der Waals surface area contributed by atoms with Crippen LogP contribution in [0, 0.1) is 6.92 Å². The predicted octanol–water partition coefficient (Wildman–Crippen LogP) is 4.62. The highest BCUT2D eigenvalue weighted by molar-refractivity contribution is 9.10. The van der Waals surface area contributed by atoms with Gasteiger partial charge in [-0.1, -0.05) is 0 Å². The number of ether oxygens (including phenoxy) is 1. The molecule has 0 aromatic heterocycles. The fourth-order valence-electron chi connectivity index (χ4n) is 3.06. The number of nitrogens with one attached hydrogen (secondary N) is 1. The summed E-state index contributed by atoms with van der Waals surface area (Å²) in [5.41, 5.74) is 3.85. The molecule has 1 amide bonds. The summed E-state index contributed by atoms with van der Waals surface area (Å²) in [5, 5.41) is 2.96. The molecule has 3 rings (SSSR count). The number of anilines is 2. The van der Waals surface area contributed by atoms with Gasteiger partial charge in [-0.25, -0.2) is 0 Å². The predicted molar refractivity (Wildman–Crippen MR) is 101 cm³/mol. The summed E-state index contributed by atoms with van der Waals surface area (Å²) < 4.78 is 5.95. The SMILES string of the molecule is COc1ccc(C(=O)Nc2ccc(N3CCCC3)c(C)c2)cc1Br. The number of hydrogen-bond donors (Lipinski definition) is 1. The molecule has 0 spiro atoms. The fourth-order valence-corrected chi connectivity index (χ4v) is 3.60. The molecule has 0 unspecified atom stereocenters. The lowest BCUT2D eigenvalue weighted by Gasteiger charge is -2.20. The van der Waals surface area contributed by atoms with Crippen molar-refractivity contribution >= 4 is 33.2 Å². The van der Waals surface area contributed by atoms with Crippen LogP contribution in [0.4, 0.5) is 11.4 Å². The standard InChI is InChI=1S/C19H21BrN2O2/c1-13-11-15(6-7-17(13)22-9-3-4-10-22)21-19(23)14-5-8-18(24-2)16(20)12-14/h5-8,11-12H,3-4,9-10H2,1-2H3,(H,21,23). The maximum Gasteiger partial charge on any atom is 0.255 e. The molecule has 5 heteroatoms. The zero-order valence-electron chi connectivity index (χ0n) is 13.9. The zero-order chi connectivity index (χ0) is 17.1. The van der Waals surface area contributed by atoms with E-state index in [-0.39, 0.29) is 5.91 Å². The third-order valence-electron chi connectivity index (χ3n) is 4.32. The number of aryl methyl sites for hydroxylation is 1. The molecule has 2 aromatic rings. The van der Waals surface area contributed by atoms with Crippen LogP contribution < -0.4 is 15.0 Å². The minimum Gasteiger partial charge on any atom is -0.496 e. The van der Waals surface area contributed by atoms with E-state index in [4.69, 9.17) is 4.74 Å². The Hall–Kier alpha value is -2.01. The van der Waals surface area contributed by atoms with Gasteiger partial charge >= 0.3 is 0 Å². The highest BCUT2D eigenvalue weighted by Crippen LogP contribution is 2.28. The first kappa shape index (κ1) is 16.8. The van der Waals surface area contributed by atoms with Crippen LogP contribution >= 0.6 is 15.9 Å². The second kappa shape index (κ2) is 7.26. The lowest BCUT2D eigenvalue weighted by atomic mass is 10.1. The Bertz CT molecular complexity index is 755. The molecule has 126 valence electrons. The van der Waals surface area contributed by atoms with Gasteiger partial charge in [-0.15, -0.1) is 0 Å². The van der Waals surface area contributed by atoms with E-state index in [1.807, 2.05) is 12.1 Å². The normalized spacial score (nSPS) is 13.9. The smallest absolute Gasteiger partial charge is 0.255 e. The van der Waals surface area contributed by atoms with Crippen molar-refractivity contribution in [2.75, 3.05) is 30.4 Å². The molecule has 0 atom stereocenters. The van der Waals surface area contributed by atoms with Crippen molar-refractivity contribution in [1.82, 2.24) is 0 Å². The Morgan fingerprint density at radius 3 is 2.54 bits per heavy atom. The van der Waals surface area contributed by atoms with Crippen LogP contribution in [0.15, 0.2) is 40.9 Å². The number of carbonyl (C=O) groups is 1. The van der Waals surface area contributed by atoms with Crippen LogP contribution in [0.5, 0.6) is 5.75 Å². The average Bonchev–Trinajstić information content (AvgIpc) is 3.09. The number of halogens is 1. The first-order valence-corrected chi connectivity index (χ1v) is 8.88. The molecule has 1 saturated heterocycles. The van der Waals surface area contributed by atoms with E-state index in [2.05, 4.69) is 39.1 Å². The van der Waals surface area contributed by atoms with Gasteiger partial charge in [0.15, 0.2) is 0 Å². The van der Waals surface area contributed by atoms with E-state index in [1.165, 1.54) is 24.1 Å². The number of hydrogen-bond acceptors (Lipinski definition) is 3. The molecule has 2 aromatic carbocycles. The number of amides is 1. The van der Waals surface area contributed by atoms with Gasteiger partial charge in [0.2, 0.25) is 0 Å². The summed E-state index contributed by atoms with van der Waals surface area (Å²) in [6, 6.07) is 11.4. The maximum absolute atomic E-state index is 12.4. The van der Waals surface area contributed by atoms with Gasteiger partial charge in [0.25, 0.3) is 5.91 Å². The van der Waals surface area contributed by atoms with Gasteiger partial charge in [-0.05, 0) is 77.7 Å². The van der Waals surface area contributed by atoms with Gasteiger partial charge in [-0.3, -0.25) is 4.79 Å². The molecule has 24 heavy (non-hydrogen) atoms. The molecule has 0 bridgehead atoms. The Kier molecular flexibility index (Phi) is 5.09. The van der Waals surface area contributed by atoms with Crippen molar-refractivity contribution < 1.29 is 9.53 Å². The van der Waals surface area contributed by atoms with Crippen molar-refractivity contribution in [3.63, 3.8) is 0 Å². The lowest BCUT2D eigenvalue weighted by molar-refractivity contribution is 0.102. The van der Waals surface area contributed by atoms with E-state index in [9.17, 15) is 4.79 Å². The molecule has 4 nitrogen and oxygen atoms in total. The van der Waals surface area contributed by atoms with Crippen molar-refractivity contribution in [1.29, 1.82) is 0 Å². The second-order valence-electron chi connectivity index (χ2n) is 6.00.